The zero-order valence-electron chi connectivity index (χ0n) is 16.7. The monoisotopic (exact) mass is 409 g/mol. The number of allylic oxidation sites excluding steroid dienone is 1. The largest absolute Gasteiger partial charge is 0.462 e. The van der Waals surface area contributed by atoms with Crippen LogP contribution in [0.2, 0.25) is 0 Å². The molecule has 7 heteroatoms. The molecular formula is C22H23N3O3S. The van der Waals surface area contributed by atoms with Gasteiger partial charge >= 0.3 is 5.97 Å². The molecule has 0 radical (unpaired) electrons. The van der Waals surface area contributed by atoms with Crippen LogP contribution >= 0.6 is 11.3 Å². The summed E-state index contributed by atoms with van der Waals surface area (Å²) in [5, 5.41) is 0. The van der Waals surface area contributed by atoms with E-state index in [1.54, 1.807) is 37.3 Å². The number of hydrogen-bond acceptors (Lipinski definition) is 5. The second kappa shape index (κ2) is 8.87. The molecule has 0 saturated heterocycles. The van der Waals surface area contributed by atoms with Crippen molar-refractivity contribution in [1.82, 2.24) is 4.57 Å². The Morgan fingerprint density at radius 3 is 2.48 bits per heavy atom. The maximum atomic E-state index is 12.7. The van der Waals surface area contributed by atoms with Crippen molar-refractivity contribution in [2.45, 2.75) is 13.5 Å². The number of anilines is 1. The fourth-order valence-corrected chi connectivity index (χ4v) is 3.94. The Bertz CT molecular complexity index is 1120. The number of hydrogen-bond donors (Lipinski definition) is 0. The van der Waals surface area contributed by atoms with Crippen LogP contribution in [-0.2, 0) is 11.3 Å². The van der Waals surface area contributed by atoms with Gasteiger partial charge in [0, 0.05) is 31.9 Å². The molecule has 0 aliphatic heterocycles. The average molecular weight is 410 g/mol. The van der Waals surface area contributed by atoms with Crippen molar-refractivity contribution in [3.8, 4) is 0 Å². The quantitative estimate of drug-likeness (QED) is 0.458. The molecule has 0 spiro atoms. The summed E-state index contributed by atoms with van der Waals surface area (Å²) >= 11 is 1.36. The number of esters is 1. The van der Waals surface area contributed by atoms with Crippen LogP contribution in [0.1, 0.15) is 27.6 Å². The number of nitrogens with zero attached hydrogens (tertiary/aromatic N) is 3. The van der Waals surface area contributed by atoms with E-state index in [0.717, 1.165) is 15.9 Å². The maximum Gasteiger partial charge on any atom is 0.338 e. The Balaban J connectivity index is 2.04. The van der Waals surface area contributed by atoms with Crippen LogP contribution in [0.15, 0.2) is 60.1 Å². The summed E-state index contributed by atoms with van der Waals surface area (Å²) in [5.41, 5.74) is 2.89. The van der Waals surface area contributed by atoms with Crippen LogP contribution in [0.5, 0.6) is 0 Å². The zero-order valence-corrected chi connectivity index (χ0v) is 17.5. The molecule has 1 amide bonds. The molecule has 0 N–H and O–H groups in total. The van der Waals surface area contributed by atoms with E-state index in [9.17, 15) is 9.59 Å². The third-order valence-electron chi connectivity index (χ3n) is 4.33. The third-order valence-corrected chi connectivity index (χ3v) is 5.37. The molecule has 0 fully saturated rings. The molecule has 2 aromatic carbocycles. The molecule has 0 aliphatic carbocycles. The van der Waals surface area contributed by atoms with Gasteiger partial charge in [-0.15, -0.1) is 6.58 Å². The van der Waals surface area contributed by atoms with Gasteiger partial charge in [-0.3, -0.25) is 4.79 Å². The normalized spacial score (nSPS) is 11.5. The molecule has 3 rings (SSSR count). The summed E-state index contributed by atoms with van der Waals surface area (Å²) in [5.74, 6) is -0.682. The van der Waals surface area contributed by atoms with Crippen molar-refractivity contribution >= 4 is 39.1 Å². The lowest BCUT2D eigenvalue weighted by molar-refractivity contribution is 0.0526. The molecule has 0 aliphatic rings. The van der Waals surface area contributed by atoms with Gasteiger partial charge in [0.25, 0.3) is 5.91 Å². The van der Waals surface area contributed by atoms with E-state index in [-0.39, 0.29) is 11.9 Å². The highest BCUT2D eigenvalue weighted by Gasteiger charge is 2.12. The minimum Gasteiger partial charge on any atom is -0.462 e. The summed E-state index contributed by atoms with van der Waals surface area (Å²) < 4.78 is 7.84. The van der Waals surface area contributed by atoms with Crippen LogP contribution in [0.3, 0.4) is 0 Å². The predicted molar refractivity (Wildman–Crippen MR) is 117 cm³/mol. The highest BCUT2D eigenvalue weighted by Crippen LogP contribution is 2.20. The Kier molecular flexibility index (Phi) is 6.29. The van der Waals surface area contributed by atoms with E-state index in [1.807, 2.05) is 41.8 Å². The van der Waals surface area contributed by atoms with E-state index in [4.69, 9.17) is 4.74 Å². The highest BCUT2D eigenvalue weighted by atomic mass is 32.1. The maximum absolute atomic E-state index is 12.7. The summed E-state index contributed by atoms with van der Waals surface area (Å²) in [7, 11) is 3.89. The molecule has 0 saturated carbocycles. The van der Waals surface area contributed by atoms with Gasteiger partial charge in [-0.05, 0) is 49.4 Å². The smallest absolute Gasteiger partial charge is 0.338 e. The molecule has 0 atom stereocenters. The molecule has 0 unspecified atom stereocenters. The summed E-state index contributed by atoms with van der Waals surface area (Å²) in [6.07, 6.45) is 1.75. The SMILES string of the molecule is C=CCn1c(=NC(=O)c2ccc(N(C)C)cc2)sc2cc(C(=O)OCC)ccc21. The Labute approximate surface area is 173 Å². The Hall–Kier alpha value is -3.19. The van der Waals surface area contributed by atoms with Gasteiger partial charge in [0.1, 0.15) is 0 Å². The van der Waals surface area contributed by atoms with Crippen LogP contribution in [0.4, 0.5) is 5.69 Å². The number of aromatic nitrogens is 1. The van der Waals surface area contributed by atoms with Gasteiger partial charge in [0.15, 0.2) is 4.80 Å². The van der Waals surface area contributed by atoms with Gasteiger partial charge in [0.2, 0.25) is 0 Å². The number of thiazole rings is 1. The van der Waals surface area contributed by atoms with Crippen molar-refractivity contribution in [2.24, 2.45) is 4.99 Å². The average Bonchev–Trinajstić information content (AvgIpc) is 3.04. The number of benzene rings is 2. The molecule has 1 heterocycles. The number of carbonyl (C=O) groups excluding carboxylic acids is 2. The molecule has 150 valence electrons. The zero-order chi connectivity index (χ0) is 21.0. The number of carbonyl (C=O) groups is 2. The molecule has 6 nitrogen and oxygen atoms in total. The van der Waals surface area contributed by atoms with Crippen molar-refractivity contribution in [3.05, 3.63) is 71.0 Å². The van der Waals surface area contributed by atoms with Crippen LogP contribution in [0.25, 0.3) is 10.2 Å². The van der Waals surface area contributed by atoms with Gasteiger partial charge in [-0.1, -0.05) is 17.4 Å². The number of amides is 1. The summed E-state index contributed by atoms with van der Waals surface area (Å²) in [6, 6.07) is 12.6. The molecule has 3 aromatic rings. The first kappa shape index (κ1) is 20.5. The molecule has 1 aromatic heterocycles. The van der Waals surface area contributed by atoms with E-state index < -0.39 is 0 Å². The molecule has 0 bridgehead atoms. The number of rotatable bonds is 6. The molecule has 29 heavy (non-hydrogen) atoms. The Morgan fingerprint density at radius 2 is 1.86 bits per heavy atom. The van der Waals surface area contributed by atoms with Crippen molar-refractivity contribution in [2.75, 3.05) is 25.6 Å². The second-order valence-corrected chi connectivity index (χ2v) is 7.55. The lowest BCUT2D eigenvalue weighted by Crippen LogP contribution is -2.16. The first-order valence-electron chi connectivity index (χ1n) is 9.22. The van der Waals surface area contributed by atoms with Gasteiger partial charge in [-0.2, -0.15) is 4.99 Å². The predicted octanol–water partition coefficient (Wildman–Crippen LogP) is 3.87. The molecular weight excluding hydrogens is 386 g/mol. The van der Waals surface area contributed by atoms with E-state index in [1.165, 1.54) is 11.3 Å². The van der Waals surface area contributed by atoms with Gasteiger partial charge in [0.05, 0.1) is 22.4 Å². The van der Waals surface area contributed by atoms with Crippen LogP contribution < -0.4 is 9.70 Å². The summed E-state index contributed by atoms with van der Waals surface area (Å²) in [6.45, 7) is 6.39. The van der Waals surface area contributed by atoms with Crippen molar-refractivity contribution in [1.29, 1.82) is 0 Å². The summed E-state index contributed by atoms with van der Waals surface area (Å²) in [4.78, 5) is 31.6. The minimum atomic E-state index is -0.367. The number of ether oxygens (including phenoxy) is 1. The Morgan fingerprint density at radius 1 is 1.17 bits per heavy atom. The van der Waals surface area contributed by atoms with Crippen molar-refractivity contribution in [3.63, 3.8) is 0 Å². The first-order valence-corrected chi connectivity index (χ1v) is 10.0. The first-order chi connectivity index (χ1) is 13.9. The van der Waals surface area contributed by atoms with E-state index in [2.05, 4.69) is 11.6 Å². The minimum absolute atomic E-state index is 0.315. The standard InChI is InChI=1S/C22H23N3O3S/c1-5-13-25-18-12-9-16(21(27)28-6-2)14-19(18)29-22(25)23-20(26)15-7-10-17(11-8-15)24(3)4/h5,7-12,14H,1,6,13H2,2-4H3. The lowest BCUT2D eigenvalue weighted by Gasteiger charge is -2.11. The van der Waals surface area contributed by atoms with E-state index in [0.29, 0.717) is 29.1 Å². The second-order valence-electron chi connectivity index (χ2n) is 6.55. The van der Waals surface area contributed by atoms with Crippen molar-refractivity contribution < 1.29 is 14.3 Å². The topological polar surface area (TPSA) is 63.9 Å². The lowest BCUT2D eigenvalue weighted by atomic mass is 10.2. The van der Waals surface area contributed by atoms with Gasteiger partial charge in [-0.25, -0.2) is 4.79 Å². The fourth-order valence-electron chi connectivity index (χ4n) is 2.86. The van der Waals surface area contributed by atoms with E-state index >= 15 is 0 Å². The van der Waals surface area contributed by atoms with Gasteiger partial charge < -0.3 is 14.2 Å². The highest BCUT2D eigenvalue weighted by molar-refractivity contribution is 7.16. The number of fused-ring (bicyclic) bond motifs is 1. The third kappa shape index (κ3) is 4.46. The van der Waals surface area contributed by atoms with Crippen LogP contribution in [-0.4, -0.2) is 37.1 Å². The van der Waals surface area contributed by atoms with Crippen LogP contribution in [0, 0.1) is 0 Å². The fraction of sp³-hybridized carbons (Fsp3) is 0.227.